The number of nitrogens with one attached hydrogen (secondary N) is 1. The van der Waals surface area contributed by atoms with Crippen LogP contribution in [0.4, 0.5) is 11.4 Å². The number of benzene rings is 1. The minimum absolute atomic E-state index is 0.0521. The molecule has 1 heterocycles. The third-order valence-corrected chi connectivity index (χ3v) is 6.55. The molecule has 166 valence electrons. The number of primary amides is 1. The van der Waals surface area contributed by atoms with E-state index in [-0.39, 0.29) is 28.2 Å². The van der Waals surface area contributed by atoms with Crippen molar-refractivity contribution in [3.63, 3.8) is 0 Å². The van der Waals surface area contributed by atoms with Gasteiger partial charge in [0.05, 0.1) is 5.69 Å². The van der Waals surface area contributed by atoms with E-state index in [4.69, 9.17) is 11.5 Å². The highest BCUT2D eigenvalue weighted by Crippen LogP contribution is 2.29. The number of aromatic nitrogens is 1. The quantitative estimate of drug-likeness (QED) is 0.577. The fourth-order valence-electron chi connectivity index (χ4n) is 3.92. The largest absolute Gasteiger partial charge is 0.395 e. The Morgan fingerprint density at radius 3 is 2.35 bits per heavy atom. The molecule has 3 amide bonds. The lowest BCUT2D eigenvalue weighted by atomic mass is 10.1. The first-order valence-electron chi connectivity index (χ1n) is 10.6. The summed E-state index contributed by atoms with van der Waals surface area (Å²) in [6.07, 6.45) is 5.36. The van der Waals surface area contributed by atoms with E-state index >= 15 is 0 Å². The number of hydrogen-bond acceptors (Lipinski definition) is 6. The summed E-state index contributed by atoms with van der Waals surface area (Å²) in [5, 5.41) is 3.10. The van der Waals surface area contributed by atoms with Crippen LogP contribution in [-0.4, -0.2) is 34.2 Å². The maximum Gasteiger partial charge on any atom is 0.272 e. The Kier molecular flexibility index (Phi) is 7.27. The minimum Gasteiger partial charge on any atom is -0.395 e. The predicted molar refractivity (Wildman–Crippen MR) is 122 cm³/mol. The fourth-order valence-corrected chi connectivity index (χ4v) is 4.66. The molecule has 2 aromatic rings. The third kappa shape index (κ3) is 4.87. The smallest absolute Gasteiger partial charge is 0.272 e. The highest BCUT2D eigenvalue weighted by molar-refractivity contribution is 7.09. The van der Waals surface area contributed by atoms with E-state index in [0.29, 0.717) is 12.1 Å². The molecular weight excluding hydrogens is 414 g/mol. The summed E-state index contributed by atoms with van der Waals surface area (Å²) in [6, 6.07) is 6.93. The van der Waals surface area contributed by atoms with E-state index in [9.17, 15) is 14.4 Å². The molecule has 9 heteroatoms. The molecule has 0 radical (unpaired) electrons. The van der Waals surface area contributed by atoms with Gasteiger partial charge in [-0.2, -0.15) is 4.37 Å². The first-order valence-corrected chi connectivity index (χ1v) is 11.4. The highest BCUT2D eigenvalue weighted by Gasteiger charge is 2.34. The molecule has 1 atom stereocenters. The molecule has 0 saturated heterocycles. The molecule has 1 aliphatic rings. The van der Waals surface area contributed by atoms with Gasteiger partial charge in [0.25, 0.3) is 11.8 Å². The maximum atomic E-state index is 13.6. The van der Waals surface area contributed by atoms with Crippen LogP contribution >= 0.6 is 11.5 Å². The number of hydrogen-bond donors (Lipinski definition) is 3. The Morgan fingerprint density at radius 1 is 1.19 bits per heavy atom. The summed E-state index contributed by atoms with van der Waals surface area (Å²) in [5.41, 5.74) is 12.9. The number of aryl methyl sites for hydroxylation is 1. The average Bonchev–Trinajstić information content (AvgIpc) is 3.41. The van der Waals surface area contributed by atoms with E-state index in [1.165, 1.54) is 4.90 Å². The van der Waals surface area contributed by atoms with Gasteiger partial charge in [0.2, 0.25) is 5.91 Å². The summed E-state index contributed by atoms with van der Waals surface area (Å²) >= 11 is 0.817. The second-order valence-corrected chi connectivity index (χ2v) is 8.52. The first-order chi connectivity index (χ1) is 14.9. The van der Waals surface area contributed by atoms with Crippen molar-refractivity contribution in [2.75, 3.05) is 10.6 Å². The molecule has 0 spiro atoms. The van der Waals surface area contributed by atoms with Gasteiger partial charge in [0.1, 0.15) is 10.9 Å². The van der Waals surface area contributed by atoms with Crippen LogP contribution in [0.1, 0.15) is 71.7 Å². The fraction of sp³-hybridized carbons (Fsp3) is 0.455. The van der Waals surface area contributed by atoms with Crippen molar-refractivity contribution in [2.45, 2.75) is 64.5 Å². The molecular formula is C22H29N5O3S. The van der Waals surface area contributed by atoms with E-state index < -0.39 is 17.9 Å². The van der Waals surface area contributed by atoms with Crippen LogP contribution in [0.3, 0.4) is 0 Å². The van der Waals surface area contributed by atoms with Crippen LogP contribution in [-0.2, 0) is 11.2 Å². The minimum atomic E-state index is -0.794. The van der Waals surface area contributed by atoms with Crippen LogP contribution in [0.5, 0.6) is 0 Å². The van der Waals surface area contributed by atoms with Crippen molar-refractivity contribution in [1.82, 2.24) is 9.69 Å². The second-order valence-electron chi connectivity index (χ2n) is 7.75. The Labute approximate surface area is 186 Å². The molecule has 1 aliphatic carbocycles. The highest BCUT2D eigenvalue weighted by atomic mass is 32.1. The number of nitrogen functional groups attached to an aromatic ring is 1. The lowest BCUT2D eigenvalue weighted by Gasteiger charge is -2.31. The molecule has 0 bridgehead atoms. The van der Waals surface area contributed by atoms with Crippen LogP contribution in [0.2, 0.25) is 0 Å². The van der Waals surface area contributed by atoms with Gasteiger partial charge in [0, 0.05) is 11.7 Å². The van der Waals surface area contributed by atoms with E-state index in [1.54, 1.807) is 0 Å². The molecule has 31 heavy (non-hydrogen) atoms. The summed E-state index contributed by atoms with van der Waals surface area (Å²) in [7, 11) is 0. The van der Waals surface area contributed by atoms with Crippen molar-refractivity contribution in [1.29, 1.82) is 0 Å². The number of rotatable bonds is 8. The van der Waals surface area contributed by atoms with Crippen LogP contribution in [0, 0.1) is 0 Å². The Hall–Kier alpha value is -2.94. The van der Waals surface area contributed by atoms with Gasteiger partial charge in [-0.1, -0.05) is 38.8 Å². The Bertz CT molecular complexity index is 951. The van der Waals surface area contributed by atoms with Crippen molar-refractivity contribution in [3.8, 4) is 0 Å². The van der Waals surface area contributed by atoms with Crippen LogP contribution < -0.4 is 21.7 Å². The molecule has 1 saturated carbocycles. The Morgan fingerprint density at radius 2 is 1.84 bits per heavy atom. The average molecular weight is 444 g/mol. The molecule has 0 aliphatic heterocycles. The maximum absolute atomic E-state index is 13.6. The van der Waals surface area contributed by atoms with Gasteiger partial charge in [0.15, 0.2) is 5.69 Å². The Balaban J connectivity index is 1.99. The van der Waals surface area contributed by atoms with Gasteiger partial charge in [-0.3, -0.25) is 19.3 Å². The number of carbonyl (C=O) groups is 3. The van der Waals surface area contributed by atoms with Crippen molar-refractivity contribution < 1.29 is 14.4 Å². The standard InChI is InChI=1S/C22H29N5O3S/c1-3-13-9-11-15(12-10-13)27(16(4-2)21(29)25-14-7-5-6-8-14)22(30)19-17(23)18(20(24)28)26-31-19/h9-12,14,16H,3-8,23H2,1-2H3,(H2,24,28)(H,25,29)/t16-/m0/s1. The third-order valence-electron chi connectivity index (χ3n) is 5.70. The lowest BCUT2D eigenvalue weighted by molar-refractivity contribution is -0.123. The van der Waals surface area contributed by atoms with Gasteiger partial charge in [-0.05, 0) is 54.9 Å². The topological polar surface area (TPSA) is 131 Å². The summed E-state index contributed by atoms with van der Waals surface area (Å²) in [5.74, 6) is -1.46. The normalized spacial score (nSPS) is 14.9. The van der Waals surface area contributed by atoms with Crippen LogP contribution in [0.25, 0.3) is 0 Å². The van der Waals surface area contributed by atoms with E-state index in [1.807, 2.05) is 38.1 Å². The molecule has 3 rings (SSSR count). The van der Waals surface area contributed by atoms with Crippen molar-refractivity contribution in [3.05, 3.63) is 40.4 Å². The summed E-state index contributed by atoms with van der Waals surface area (Å²) < 4.78 is 3.95. The number of amides is 3. The lowest BCUT2D eigenvalue weighted by Crippen LogP contribution is -2.51. The number of anilines is 2. The SMILES string of the molecule is CCc1ccc(N(C(=O)c2snc(C(N)=O)c2N)[C@@H](CC)C(=O)NC2CCCC2)cc1. The summed E-state index contributed by atoms with van der Waals surface area (Å²) in [4.78, 5) is 39.9. The molecule has 1 aromatic heterocycles. The molecule has 1 fully saturated rings. The molecule has 8 nitrogen and oxygen atoms in total. The number of nitrogens with zero attached hydrogens (tertiary/aromatic N) is 2. The number of nitrogens with two attached hydrogens (primary N) is 2. The number of carbonyl (C=O) groups excluding carboxylic acids is 3. The zero-order chi connectivity index (χ0) is 22.5. The molecule has 0 unspecified atom stereocenters. The summed E-state index contributed by atoms with van der Waals surface area (Å²) in [6.45, 7) is 3.91. The first kappa shape index (κ1) is 22.7. The van der Waals surface area contributed by atoms with Gasteiger partial charge in [-0.15, -0.1) is 0 Å². The van der Waals surface area contributed by atoms with Gasteiger partial charge >= 0.3 is 0 Å². The second kappa shape index (κ2) is 9.91. The molecule has 1 aromatic carbocycles. The van der Waals surface area contributed by atoms with E-state index in [2.05, 4.69) is 9.69 Å². The van der Waals surface area contributed by atoms with Crippen molar-refractivity contribution in [2.24, 2.45) is 5.73 Å². The zero-order valence-corrected chi connectivity index (χ0v) is 18.7. The van der Waals surface area contributed by atoms with Crippen molar-refractivity contribution >= 4 is 40.6 Å². The zero-order valence-electron chi connectivity index (χ0n) is 17.9. The van der Waals surface area contributed by atoms with Gasteiger partial charge < -0.3 is 16.8 Å². The predicted octanol–water partition coefficient (Wildman–Crippen LogP) is 2.87. The van der Waals surface area contributed by atoms with Gasteiger partial charge in [-0.25, -0.2) is 0 Å². The monoisotopic (exact) mass is 443 g/mol. The molecule has 5 N–H and O–H groups in total. The van der Waals surface area contributed by atoms with Crippen LogP contribution in [0.15, 0.2) is 24.3 Å². The van der Waals surface area contributed by atoms with E-state index in [0.717, 1.165) is 49.2 Å².